The average Bonchev–Trinajstić information content (AvgIpc) is 3.03. The fourth-order valence-corrected chi connectivity index (χ4v) is 4.14. The third-order valence-electron chi connectivity index (χ3n) is 5.84. The minimum atomic E-state index is 0.161. The smallest absolute Gasteiger partial charge is 0.0710 e. The summed E-state index contributed by atoms with van der Waals surface area (Å²) in [6.07, 6.45) is 10.5. The van der Waals surface area contributed by atoms with Crippen molar-refractivity contribution >= 4 is 0 Å². The van der Waals surface area contributed by atoms with Crippen LogP contribution in [0.25, 0.3) is 0 Å². The van der Waals surface area contributed by atoms with Gasteiger partial charge in [-0.05, 0) is 45.6 Å². The van der Waals surface area contributed by atoms with E-state index < -0.39 is 0 Å². The van der Waals surface area contributed by atoms with Crippen LogP contribution in [0, 0.1) is 0 Å². The molecule has 2 aliphatic rings. The zero-order valence-corrected chi connectivity index (χ0v) is 13.1. The van der Waals surface area contributed by atoms with Gasteiger partial charge in [-0.3, -0.25) is 4.90 Å². The van der Waals surface area contributed by atoms with Crippen LogP contribution in [0.3, 0.4) is 0 Å². The molecule has 2 rings (SSSR count). The van der Waals surface area contributed by atoms with E-state index in [-0.39, 0.29) is 11.1 Å². The summed E-state index contributed by atoms with van der Waals surface area (Å²) in [7, 11) is 2.23. The first kappa shape index (κ1) is 15.3. The first-order valence-corrected chi connectivity index (χ1v) is 8.19. The van der Waals surface area contributed by atoms with Gasteiger partial charge in [0.2, 0.25) is 0 Å². The zero-order chi connectivity index (χ0) is 13.9. The molecule has 0 aromatic rings. The second kappa shape index (κ2) is 6.11. The van der Waals surface area contributed by atoms with E-state index in [1.54, 1.807) is 0 Å². The standard InChI is InChI=1S/C16H32N2O/c1-4-15(5-2,13-17)18(3)12-14-8-11-16(19-14)9-6-7-10-16/h14H,4-13,17H2,1-3H3. The Morgan fingerprint density at radius 2 is 1.84 bits per heavy atom. The summed E-state index contributed by atoms with van der Waals surface area (Å²) in [5.74, 6) is 0. The largest absolute Gasteiger partial charge is 0.370 e. The zero-order valence-electron chi connectivity index (χ0n) is 13.1. The van der Waals surface area contributed by atoms with Crippen LogP contribution in [0.15, 0.2) is 0 Å². The fourth-order valence-electron chi connectivity index (χ4n) is 4.14. The van der Waals surface area contributed by atoms with Crippen molar-refractivity contribution in [1.29, 1.82) is 0 Å². The van der Waals surface area contributed by atoms with Crippen LogP contribution in [0.4, 0.5) is 0 Å². The highest BCUT2D eigenvalue weighted by atomic mass is 16.5. The third kappa shape index (κ3) is 2.98. The molecule has 1 aliphatic heterocycles. The van der Waals surface area contributed by atoms with E-state index in [0.717, 1.165) is 25.9 Å². The van der Waals surface area contributed by atoms with E-state index in [9.17, 15) is 0 Å². The van der Waals surface area contributed by atoms with Crippen molar-refractivity contribution in [3.63, 3.8) is 0 Å². The lowest BCUT2D eigenvalue weighted by Gasteiger charge is -2.41. The Hall–Kier alpha value is -0.120. The molecule has 1 heterocycles. The van der Waals surface area contributed by atoms with Crippen LogP contribution in [0.5, 0.6) is 0 Å². The molecule has 3 nitrogen and oxygen atoms in total. The summed E-state index contributed by atoms with van der Waals surface area (Å²) >= 11 is 0. The Morgan fingerprint density at radius 3 is 2.37 bits per heavy atom. The lowest BCUT2D eigenvalue weighted by molar-refractivity contribution is -0.0564. The number of hydrogen-bond acceptors (Lipinski definition) is 3. The molecule has 0 aromatic carbocycles. The first-order chi connectivity index (χ1) is 9.10. The van der Waals surface area contributed by atoms with E-state index in [1.165, 1.54) is 38.5 Å². The molecule has 0 aromatic heterocycles. The number of nitrogens with zero attached hydrogens (tertiary/aromatic N) is 1. The normalized spacial score (nSPS) is 26.7. The van der Waals surface area contributed by atoms with Gasteiger partial charge in [0.25, 0.3) is 0 Å². The molecular weight excluding hydrogens is 236 g/mol. The first-order valence-electron chi connectivity index (χ1n) is 8.19. The molecule has 1 saturated carbocycles. The summed E-state index contributed by atoms with van der Waals surface area (Å²) < 4.78 is 6.43. The van der Waals surface area contributed by atoms with Gasteiger partial charge in [0.05, 0.1) is 11.7 Å². The highest BCUT2D eigenvalue weighted by molar-refractivity contribution is 4.95. The molecule has 3 heteroatoms. The van der Waals surface area contributed by atoms with Crippen molar-refractivity contribution in [2.24, 2.45) is 5.73 Å². The topological polar surface area (TPSA) is 38.5 Å². The summed E-state index contributed by atoms with van der Waals surface area (Å²) in [4.78, 5) is 2.46. The van der Waals surface area contributed by atoms with Crippen LogP contribution < -0.4 is 5.73 Å². The molecule has 1 atom stereocenters. The Balaban J connectivity index is 1.91. The molecule has 112 valence electrons. The second-order valence-corrected chi connectivity index (χ2v) is 6.68. The van der Waals surface area contributed by atoms with E-state index in [0.29, 0.717) is 6.10 Å². The molecule has 1 aliphatic carbocycles. The van der Waals surface area contributed by atoms with Gasteiger partial charge < -0.3 is 10.5 Å². The van der Waals surface area contributed by atoms with Crippen LogP contribution in [0.2, 0.25) is 0 Å². The predicted molar refractivity (Wildman–Crippen MR) is 80.3 cm³/mol. The summed E-state index contributed by atoms with van der Waals surface area (Å²) in [5.41, 5.74) is 6.46. The van der Waals surface area contributed by atoms with E-state index in [2.05, 4.69) is 25.8 Å². The van der Waals surface area contributed by atoms with E-state index in [4.69, 9.17) is 10.5 Å². The van der Waals surface area contributed by atoms with Crippen LogP contribution in [-0.2, 0) is 4.74 Å². The minimum Gasteiger partial charge on any atom is -0.370 e. The Morgan fingerprint density at radius 1 is 1.21 bits per heavy atom. The Labute approximate surface area is 118 Å². The molecule has 19 heavy (non-hydrogen) atoms. The number of nitrogens with two attached hydrogens (primary N) is 1. The molecule has 1 unspecified atom stereocenters. The Bertz CT molecular complexity index is 274. The highest BCUT2D eigenvalue weighted by Gasteiger charge is 2.43. The predicted octanol–water partition coefficient (Wildman–Crippen LogP) is 2.93. The average molecular weight is 268 g/mol. The molecule has 1 saturated heterocycles. The molecule has 1 spiro atoms. The number of likely N-dealkylation sites (N-methyl/N-ethyl adjacent to an activating group) is 1. The highest BCUT2D eigenvalue weighted by Crippen LogP contribution is 2.43. The number of hydrogen-bond donors (Lipinski definition) is 1. The van der Waals surface area contributed by atoms with Crippen molar-refractivity contribution in [3.8, 4) is 0 Å². The van der Waals surface area contributed by atoms with Gasteiger partial charge in [-0.15, -0.1) is 0 Å². The molecule has 2 N–H and O–H groups in total. The summed E-state index contributed by atoms with van der Waals surface area (Å²) in [5, 5.41) is 0. The van der Waals surface area contributed by atoms with Gasteiger partial charge in [0.1, 0.15) is 0 Å². The van der Waals surface area contributed by atoms with Crippen LogP contribution in [-0.4, -0.2) is 42.3 Å². The molecular formula is C16H32N2O. The maximum atomic E-state index is 6.43. The summed E-state index contributed by atoms with van der Waals surface area (Å²) in [6, 6.07) is 0. The quantitative estimate of drug-likeness (QED) is 0.805. The van der Waals surface area contributed by atoms with Gasteiger partial charge in [0, 0.05) is 18.6 Å². The van der Waals surface area contributed by atoms with Gasteiger partial charge in [-0.25, -0.2) is 0 Å². The van der Waals surface area contributed by atoms with E-state index in [1.807, 2.05) is 0 Å². The molecule has 0 radical (unpaired) electrons. The number of rotatable bonds is 6. The fraction of sp³-hybridized carbons (Fsp3) is 1.00. The molecule has 2 fully saturated rings. The summed E-state index contributed by atoms with van der Waals surface area (Å²) in [6.45, 7) is 6.29. The van der Waals surface area contributed by atoms with Gasteiger partial charge in [-0.1, -0.05) is 26.7 Å². The van der Waals surface area contributed by atoms with Crippen molar-refractivity contribution in [3.05, 3.63) is 0 Å². The SMILES string of the molecule is CCC(CC)(CN)N(C)CC1CCC2(CCCC2)O1. The maximum Gasteiger partial charge on any atom is 0.0710 e. The third-order valence-corrected chi connectivity index (χ3v) is 5.84. The number of ether oxygens (including phenoxy) is 1. The van der Waals surface area contributed by atoms with Crippen LogP contribution >= 0.6 is 0 Å². The van der Waals surface area contributed by atoms with E-state index >= 15 is 0 Å². The molecule has 0 bridgehead atoms. The monoisotopic (exact) mass is 268 g/mol. The Kier molecular flexibility index (Phi) is 4.91. The van der Waals surface area contributed by atoms with Crippen molar-refractivity contribution in [1.82, 2.24) is 4.90 Å². The minimum absolute atomic E-state index is 0.161. The second-order valence-electron chi connectivity index (χ2n) is 6.68. The van der Waals surface area contributed by atoms with Gasteiger partial charge in [0.15, 0.2) is 0 Å². The van der Waals surface area contributed by atoms with Gasteiger partial charge >= 0.3 is 0 Å². The van der Waals surface area contributed by atoms with Gasteiger partial charge in [-0.2, -0.15) is 0 Å². The lowest BCUT2D eigenvalue weighted by atomic mass is 9.90. The van der Waals surface area contributed by atoms with Crippen LogP contribution in [0.1, 0.15) is 65.2 Å². The van der Waals surface area contributed by atoms with Crippen molar-refractivity contribution in [2.75, 3.05) is 20.1 Å². The molecule has 0 amide bonds. The van der Waals surface area contributed by atoms with Crippen molar-refractivity contribution in [2.45, 2.75) is 82.5 Å². The maximum absolute atomic E-state index is 6.43. The lowest BCUT2D eigenvalue weighted by Crippen LogP contribution is -2.53. The van der Waals surface area contributed by atoms with Crippen molar-refractivity contribution < 1.29 is 4.74 Å².